The van der Waals surface area contributed by atoms with Gasteiger partial charge in [0.05, 0.1) is 0 Å². The molecule has 0 aliphatic heterocycles. The fourth-order valence-corrected chi connectivity index (χ4v) is 1.48. The van der Waals surface area contributed by atoms with E-state index < -0.39 is 0 Å². The van der Waals surface area contributed by atoms with Gasteiger partial charge in [0.15, 0.2) is 0 Å². The van der Waals surface area contributed by atoms with Gasteiger partial charge in [-0.2, -0.15) is 0 Å². The van der Waals surface area contributed by atoms with Gasteiger partial charge in [0.2, 0.25) is 0 Å². The molecule has 0 N–H and O–H groups in total. The fraction of sp³-hybridized carbons (Fsp3) is 0.438. The third-order valence-corrected chi connectivity index (χ3v) is 2.15. The Kier molecular flexibility index (Phi) is 9.04. The molecule has 0 saturated carbocycles. The molecule has 1 aromatic carbocycles. The van der Waals surface area contributed by atoms with E-state index in [2.05, 4.69) is 50.0 Å². The second-order valence-electron chi connectivity index (χ2n) is 3.57. The van der Waals surface area contributed by atoms with Gasteiger partial charge in [0.1, 0.15) is 0 Å². The highest BCUT2D eigenvalue weighted by Gasteiger charge is 1.96. The van der Waals surface area contributed by atoms with E-state index in [1.54, 1.807) is 0 Å². The summed E-state index contributed by atoms with van der Waals surface area (Å²) in [5.74, 6) is 0. The van der Waals surface area contributed by atoms with Crippen LogP contribution in [0.15, 0.2) is 36.7 Å². The van der Waals surface area contributed by atoms with Gasteiger partial charge in [0.25, 0.3) is 0 Å². The minimum absolute atomic E-state index is 1.07. The highest BCUT2D eigenvalue weighted by molar-refractivity contribution is 5.84. The molecule has 1 heteroatoms. The van der Waals surface area contributed by atoms with Crippen LogP contribution in [0.25, 0.3) is 10.8 Å². The summed E-state index contributed by atoms with van der Waals surface area (Å²) >= 11 is 0. The van der Waals surface area contributed by atoms with Crippen LogP contribution in [0.4, 0.5) is 0 Å². The van der Waals surface area contributed by atoms with E-state index in [-0.39, 0.29) is 0 Å². The molecule has 0 atom stereocenters. The first-order chi connectivity index (χ1) is 8.33. The average Bonchev–Trinajstić information content (AvgIpc) is 2.41. The van der Waals surface area contributed by atoms with Gasteiger partial charge in [-0.3, -0.25) is 4.98 Å². The highest BCUT2D eigenvalue weighted by atomic mass is 14.6. The predicted molar refractivity (Wildman–Crippen MR) is 78.4 cm³/mol. The maximum atomic E-state index is 4.12. The molecule has 17 heavy (non-hydrogen) atoms. The van der Waals surface area contributed by atoms with Gasteiger partial charge >= 0.3 is 0 Å². The Hall–Kier alpha value is -1.37. The van der Waals surface area contributed by atoms with E-state index in [0.29, 0.717) is 0 Å². The second-order valence-corrected chi connectivity index (χ2v) is 3.57. The quantitative estimate of drug-likeness (QED) is 0.654. The number of nitrogens with zero attached hydrogens (tertiary/aromatic N) is 1. The van der Waals surface area contributed by atoms with Crippen molar-refractivity contribution in [3.63, 3.8) is 0 Å². The Morgan fingerprint density at radius 3 is 2.24 bits per heavy atom. The van der Waals surface area contributed by atoms with Crippen LogP contribution in [-0.4, -0.2) is 4.98 Å². The van der Waals surface area contributed by atoms with E-state index in [9.17, 15) is 0 Å². The van der Waals surface area contributed by atoms with Crippen molar-refractivity contribution in [1.82, 2.24) is 4.98 Å². The standard InChI is InChI=1S/C11H11N.C3H8.C2H6/c1-2-9-4-3-5-10-6-7-12-8-11(9)10;1-3-2;1-2/h3-8H,2H2,1H3;3H2,1-2H3;1-2H3. The lowest BCUT2D eigenvalue weighted by Gasteiger charge is -2.01. The van der Waals surface area contributed by atoms with Crippen LogP contribution in [0.2, 0.25) is 0 Å². The van der Waals surface area contributed by atoms with E-state index in [1.165, 1.54) is 22.8 Å². The van der Waals surface area contributed by atoms with Crippen molar-refractivity contribution in [3.8, 4) is 0 Å². The van der Waals surface area contributed by atoms with Crippen molar-refractivity contribution >= 4 is 10.8 Å². The van der Waals surface area contributed by atoms with E-state index in [4.69, 9.17) is 0 Å². The molecule has 0 fully saturated rings. The maximum absolute atomic E-state index is 4.12. The maximum Gasteiger partial charge on any atom is 0.0349 e. The van der Waals surface area contributed by atoms with Crippen molar-refractivity contribution in [2.75, 3.05) is 0 Å². The number of hydrogen-bond acceptors (Lipinski definition) is 1. The number of aromatic nitrogens is 1. The zero-order valence-electron chi connectivity index (χ0n) is 11.8. The molecule has 2 rings (SSSR count). The van der Waals surface area contributed by atoms with Gasteiger partial charge in [-0.25, -0.2) is 0 Å². The van der Waals surface area contributed by atoms with E-state index in [1.807, 2.05) is 26.2 Å². The monoisotopic (exact) mass is 231 g/mol. The summed E-state index contributed by atoms with van der Waals surface area (Å²) in [6.07, 6.45) is 6.10. The molecule has 0 bridgehead atoms. The Labute approximate surface area is 106 Å². The lowest BCUT2D eigenvalue weighted by Crippen LogP contribution is -1.83. The summed E-state index contributed by atoms with van der Waals surface area (Å²) in [6.45, 7) is 10.4. The number of rotatable bonds is 1. The Morgan fingerprint density at radius 1 is 1.00 bits per heavy atom. The smallest absolute Gasteiger partial charge is 0.0349 e. The minimum Gasteiger partial charge on any atom is -0.264 e. The molecule has 0 saturated heterocycles. The molecule has 1 aromatic heterocycles. The van der Waals surface area contributed by atoms with Gasteiger partial charge in [-0.05, 0) is 23.4 Å². The van der Waals surface area contributed by atoms with Crippen LogP contribution < -0.4 is 0 Å². The number of aryl methyl sites for hydroxylation is 1. The number of hydrogen-bond donors (Lipinski definition) is 0. The molecule has 2 aromatic rings. The zero-order valence-corrected chi connectivity index (χ0v) is 11.8. The summed E-state index contributed by atoms with van der Waals surface area (Å²) in [4.78, 5) is 4.12. The predicted octanol–water partition coefficient (Wildman–Crippen LogP) is 5.24. The van der Waals surface area contributed by atoms with Crippen LogP contribution in [0.5, 0.6) is 0 Å². The largest absolute Gasteiger partial charge is 0.264 e. The first-order valence-electron chi connectivity index (χ1n) is 6.65. The summed E-state index contributed by atoms with van der Waals surface area (Å²) in [5, 5.41) is 2.56. The van der Waals surface area contributed by atoms with Gasteiger partial charge < -0.3 is 0 Å². The van der Waals surface area contributed by atoms with Crippen LogP contribution in [0.3, 0.4) is 0 Å². The molecular weight excluding hydrogens is 206 g/mol. The molecule has 1 nitrogen and oxygen atoms in total. The minimum atomic E-state index is 1.07. The Balaban J connectivity index is 0.000000450. The molecular formula is C16H25N. The van der Waals surface area contributed by atoms with E-state index in [0.717, 1.165) is 6.42 Å². The molecule has 0 unspecified atom stereocenters. The van der Waals surface area contributed by atoms with Crippen molar-refractivity contribution < 1.29 is 0 Å². The van der Waals surface area contributed by atoms with Crippen LogP contribution in [0, 0.1) is 0 Å². The number of pyridine rings is 1. The van der Waals surface area contributed by atoms with Crippen molar-refractivity contribution in [3.05, 3.63) is 42.2 Å². The van der Waals surface area contributed by atoms with Crippen LogP contribution in [0.1, 0.15) is 46.6 Å². The summed E-state index contributed by atoms with van der Waals surface area (Å²) in [7, 11) is 0. The molecule has 0 aliphatic rings. The van der Waals surface area contributed by atoms with Crippen molar-refractivity contribution in [1.29, 1.82) is 0 Å². The summed E-state index contributed by atoms with van der Waals surface area (Å²) < 4.78 is 0. The lowest BCUT2D eigenvalue weighted by molar-refractivity contribution is 1.09. The SMILES string of the molecule is CC.CCC.CCc1cccc2ccncc12. The topological polar surface area (TPSA) is 12.9 Å². The first-order valence-corrected chi connectivity index (χ1v) is 6.65. The van der Waals surface area contributed by atoms with Crippen LogP contribution >= 0.6 is 0 Å². The summed E-state index contributed by atoms with van der Waals surface area (Å²) in [5.41, 5.74) is 1.38. The first kappa shape index (κ1) is 15.6. The van der Waals surface area contributed by atoms with E-state index >= 15 is 0 Å². The second kappa shape index (κ2) is 9.83. The molecule has 0 amide bonds. The van der Waals surface area contributed by atoms with Gasteiger partial charge in [-0.1, -0.05) is 59.2 Å². The van der Waals surface area contributed by atoms with Gasteiger partial charge in [0, 0.05) is 17.8 Å². The molecule has 0 aliphatic carbocycles. The number of fused-ring (bicyclic) bond motifs is 1. The Morgan fingerprint density at radius 2 is 1.65 bits per heavy atom. The third kappa shape index (κ3) is 4.99. The normalized spacial score (nSPS) is 8.76. The summed E-state index contributed by atoms with van der Waals surface area (Å²) in [6, 6.07) is 8.43. The van der Waals surface area contributed by atoms with Crippen molar-refractivity contribution in [2.24, 2.45) is 0 Å². The zero-order chi connectivity index (χ0) is 13.1. The lowest BCUT2D eigenvalue weighted by atomic mass is 10.1. The van der Waals surface area contributed by atoms with Crippen LogP contribution in [-0.2, 0) is 6.42 Å². The highest BCUT2D eigenvalue weighted by Crippen LogP contribution is 2.17. The Bertz CT molecular complexity index is 402. The molecule has 94 valence electrons. The molecule has 0 radical (unpaired) electrons. The fourth-order valence-electron chi connectivity index (χ4n) is 1.48. The molecule has 1 heterocycles. The average molecular weight is 231 g/mol. The molecule has 0 spiro atoms. The van der Waals surface area contributed by atoms with Crippen molar-refractivity contribution in [2.45, 2.75) is 47.5 Å². The third-order valence-electron chi connectivity index (χ3n) is 2.15. The number of benzene rings is 1. The van der Waals surface area contributed by atoms with Gasteiger partial charge in [-0.15, -0.1) is 0 Å².